The number of nitrogens with one attached hydrogen (secondary N) is 1. The lowest BCUT2D eigenvalue weighted by molar-refractivity contribution is -0.123. The van der Waals surface area contributed by atoms with Gasteiger partial charge in [-0.2, -0.15) is 5.10 Å². The summed E-state index contributed by atoms with van der Waals surface area (Å²) >= 11 is 5.82. The topological polar surface area (TPSA) is 70.9 Å². The van der Waals surface area contributed by atoms with Gasteiger partial charge in [-0.15, -0.1) is 0 Å². The average Bonchev–Trinajstić information content (AvgIpc) is 2.52. The van der Waals surface area contributed by atoms with Crippen molar-refractivity contribution in [1.29, 1.82) is 0 Å². The Morgan fingerprint density at radius 1 is 1.26 bits per heavy atom. The highest BCUT2D eigenvalue weighted by atomic mass is 35.5. The molecule has 0 heterocycles. The molecule has 0 radical (unpaired) electrons. The van der Waals surface area contributed by atoms with E-state index >= 15 is 0 Å². The molecule has 0 aliphatic rings. The summed E-state index contributed by atoms with van der Waals surface area (Å²) < 4.78 is 5.39. The number of carbonyl (C=O) groups is 1. The molecule has 0 aliphatic heterocycles. The van der Waals surface area contributed by atoms with E-state index in [1.54, 1.807) is 6.07 Å². The molecule has 0 atom stereocenters. The molecule has 2 N–H and O–H groups in total. The molecule has 0 bridgehead atoms. The normalized spacial score (nSPS) is 10.7. The highest BCUT2D eigenvalue weighted by Gasteiger charge is 2.03. The van der Waals surface area contributed by atoms with Crippen LogP contribution in [-0.2, 0) is 4.79 Å². The molecule has 120 valence electrons. The van der Waals surface area contributed by atoms with E-state index in [1.165, 1.54) is 18.3 Å². The number of halogens is 1. The molecule has 0 spiro atoms. The molecule has 0 unspecified atom stereocenters. The van der Waals surface area contributed by atoms with Crippen LogP contribution in [0.2, 0.25) is 5.02 Å². The van der Waals surface area contributed by atoms with Crippen molar-refractivity contribution in [2.24, 2.45) is 5.10 Å². The number of aryl methyl sites for hydroxylation is 2. The zero-order valence-corrected chi connectivity index (χ0v) is 13.6. The van der Waals surface area contributed by atoms with Crippen molar-refractivity contribution in [3.05, 3.63) is 58.1 Å². The largest absolute Gasteiger partial charge is 0.507 e. The lowest BCUT2D eigenvalue weighted by Gasteiger charge is -2.07. The van der Waals surface area contributed by atoms with Crippen LogP contribution in [0.1, 0.15) is 16.7 Å². The number of nitrogens with zero attached hydrogens (tertiary/aromatic N) is 1. The Balaban J connectivity index is 1.86. The third-order valence-corrected chi connectivity index (χ3v) is 3.47. The van der Waals surface area contributed by atoms with E-state index in [0.717, 1.165) is 11.1 Å². The van der Waals surface area contributed by atoms with Gasteiger partial charge in [0.25, 0.3) is 5.91 Å². The van der Waals surface area contributed by atoms with E-state index in [-0.39, 0.29) is 12.4 Å². The van der Waals surface area contributed by atoms with Crippen molar-refractivity contribution in [2.75, 3.05) is 6.61 Å². The second kappa shape index (κ2) is 7.65. The zero-order valence-electron chi connectivity index (χ0n) is 12.8. The monoisotopic (exact) mass is 332 g/mol. The van der Waals surface area contributed by atoms with E-state index in [4.69, 9.17) is 16.3 Å². The van der Waals surface area contributed by atoms with E-state index in [0.29, 0.717) is 16.3 Å². The highest BCUT2D eigenvalue weighted by molar-refractivity contribution is 6.30. The molecule has 0 aliphatic carbocycles. The number of phenolic OH excluding ortho intramolecular Hbond substituents is 1. The number of hydrogen-bond acceptors (Lipinski definition) is 4. The minimum atomic E-state index is -0.402. The molecule has 1 amide bonds. The summed E-state index contributed by atoms with van der Waals surface area (Å²) in [5, 5.41) is 13.8. The van der Waals surface area contributed by atoms with E-state index in [2.05, 4.69) is 10.5 Å². The minimum Gasteiger partial charge on any atom is -0.507 e. The second-order valence-electron chi connectivity index (χ2n) is 5.03. The quantitative estimate of drug-likeness (QED) is 0.652. The van der Waals surface area contributed by atoms with Gasteiger partial charge < -0.3 is 9.84 Å². The lowest BCUT2D eigenvalue weighted by Crippen LogP contribution is -2.24. The summed E-state index contributed by atoms with van der Waals surface area (Å²) in [5.41, 5.74) is 4.99. The number of aromatic hydroxyl groups is 1. The van der Waals surface area contributed by atoms with Gasteiger partial charge >= 0.3 is 0 Å². The van der Waals surface area contributed by atoms with Crippen molar-refractivity contribution in [1.82, 2.24) is 5.43 Å². The summed E-state index contributed by atoms with van der Waals surface area (Å²) in [5.74, 6) is 0.250. The predicted molar refractivity (Wildman–Crippen MR) is 90.3 cm³/mol. The first-order valence-electron chi connectivity index (χ1n) is 6.96. The molecule has 2 rings (SSSR count). The lowest BCUT2D eigenvalue weighted by atomic mass is 10.1. The third kappa shape index (κ3) is 5.00. The van der Waals surface area contributed by atoms with Gasteiger partial charge in [-0.25, -0.2) is 5.43 Å². The number of rotatable bonds is 5. The summed E-state index contributed by atoms with van der Waals surface area (Å²) in [6.45, 7) is 3.83. The Bertz CT molecular complexity index is 745. The summed E-state index contributed by atoms with van der Waals surface area (Å²) in [4.78, 5) is 11.7. The van der Waals surface area contributed by atoms with Crippen LogP contribution < -0.4 is 10.2 Å². The first kappa shape index (κ1) is 16.8. The van der Waals surface area contributed by atoms with Crippen molar-refractivity contribution in [3.8, 4) is 11.5 Å². The second-order valence-corrected chi connectivity index (χ2v) is 5.47. The Kier molecular flexibility index (Phi) is 5.60. The zero-order chi connectivity index (χ0) is 16.8. The van der Waals surface area contributed by atoms with Crippen molar-refractivity contribution in [2.45, 2.75) is 13.8 Å². The van der Waals surface area contributed by atoms with Gasteiger partial charge in [0.05, 0.1) is 6.21 Å². The summed E-state index contributed by atoms with van der Waals surface area (Å²) in [7, 11) is 0. The van der Waals surface area contributed by atoms with Crippen LogP contribution in [0.5, 0.6) is 11.5 Å². The molecule has 2 aromatic carbocycles. The third-order valence-electron chi connectivity index (χ3n) is 3.23. The number of ether oxygens (including phenoxy) is 1. The van der Waals surface area contributed by atoms with E-state index < -0.39 is 5.91 Å². The fourth-order valence-electron chi connectivity index (χ4n) is 1.79. The van der Waals surface area contributed by atoms with E-state index in [1.807, 2.05) is 32.0 Å². The molecule has 5 nitrogen and oxygen atoms in total. The van der Waals surface area contributed by atoms with E-state index in [9.17, 15) is 9.90 Å². The Morgan fingerprint density at radius 3 is 2.78 bits per heavy atom. The number of amides is 1. The SMILES string of the molecule is Cc1ccc(OCC(=O)N/N=C\c2cc(Cl)ccc2O)cc1C. The van der Waals surface area contributed by atoms with Gasteiger partial charge in [0, 0.05) is 10.6 Å². The molecule has 23 heavy (non-hydrogen) atoms. The average molecular weight is 333 g/mol. The van der Waals surface area contributed by atoms with Crippen LogP contribution in [0, 0.1) is 13.8 Å². The maximum Gasteiger partial charge on any atom is 0.277 e. The molecular weight excluding hydrogens is 316 g/mol. The number of carbonyl (C=O) groups excluding carboxylic acids is 1. The first-order chi connectivity index (χ1) is 11.0. The fraction of sp³-hybridized carbons (Fsp3) is 0.176. The van der Waals surface area contributed by atoms with Crippen molar-refractivity contribution in [3.63, 3.8) is 0 Å². The number of benzene rings is 2. The molecule has 0 saturated heterocycles. The summed E-state index contributed by atoms with van der Waals surface area (Å²) in [6, 6.07) is 10.2. The Hall–Kier alpha value is -2.53. The Labute approximate surface area is 139 Å². The van der Waals surface area contributed by atoms with Gasteiger partial charge in [0.2, 0.25) is 0 Å². The molecule has 0 saturated carbocycles. The molecule has 0 aromatic heterocycles. The molecule has 2 aromatic rings. The Morgan fingerprint density at radius 2 is 2.04 bits per heavy atom. The van der Waals surface area contributed by atoms with Crippen LogP contribution in [0.4, 0.5) is 0 Å². The first-order valence-corrected chi connectivity index (χ1v) is 7.34. The van der Waals surface area contributed by atoms with Crippen LogP contribution in [0.15, 0.2) is 41.5 Å². The van der Waals surface area contributed by atoms with Crippen molar-refractivity contribution < 1.29 is 14.6 Å². The van der Waals surface area contributed by atoms with Gasteiger partial charge in [-0.3, -0.25) is 4.79 Å². The maximum atomic E-state index is 11.7. The van der Waals surface area contributed by atoms with Crippen LogP contribution in [0.3, 0.4) is 0 Å². The summed E-state index contributed by atoms with van der Waals surface area (Å²) in [6.07, 6.45) is 1.31. The van der Waals surface area contributed by atoms with Gasteiger partial charge in [-0.1, -0.05) is 17.7 Å². The minimum absolute atomic E-state index is 0.0266. The molecule has 6 heteroatoms. The van der Waals surface area contributed by atoms with Crippen LogP contribution in [0.25, 0.3) is 0 Å². The van der Waals surface area contributed by atoms with Crippen LogP contribution >= 0.6 is 11.6 Å². The molecule has 0 fully saturated rings. The molecular formula is C17H17ClN2O3. The number of hydrogen-bond donors (Lipinski definition) is 2. The van der Waals surface area contributed by atoms with Crippen molar-refractivity contribution >= 4 is 23.7 Å². The van der Waals surface area contributed by atoms with Crippen LogP contribution in [-0.4, -0.2) is 23.8 Å². The van der Waals surface area contributed by atoms with Gasteiger partial charge in [0.1, 0.15) is 11.5 Å². The van der Waals surface area contributed by atoms with Gasteiger partial charge in [0.15, 0.2) is 6.61 Å². The maximum absolute atomic E-state index is 11.7. The van der Waals surface area contributed by atoms with Gasteiger partial charge in [-0.05, 0) is 55.3 Å². The predicted octanol–water partition coefficient (Wildman–Crippen LogP) is 3.19. The number of phenols is 1. The fourth-order valence-corrected chi connectivity index (χ4v) is 1.97. The smallest absolute Gasteiger partial charge is 0.277 e. The highest BCUT2D eigenvalue weighted by Crippen LogP contribution is 2.19. The standard InChI is InChI=1S/C17H17ClN2O3/c1-11-3-5-15(7-12(11)2)23-10-17(22)20-19-9-13-8-14(18)4-6-16(13)21/h3-9,21H,10H2,1-2H3,(H,20,22)/b19-9-. The number of hydrazone groups is 1.